The lowest BCUT2D eigenvalue weighted by Gasteiger charge is -2.06. The van der Waals surface area contributed by atoms with Crippen molar-refractivity contribution in [3.63, 3.8) is 0 Å². The highest BCUT2D eigenvalue weighted by Gasteiger charge is 2.16. The molecule has 1 amide bonds. The van der Waals surface area contributed by atoms with E-state index in [1.54, 1.807) is 12.1 Å². The first-order valence-electron chi connectivity index (χ1n) is 5.27. The largest absolute Gasteiger partial charge is 0.320 e. The van der Waals surface area contributed by atoms with Crippen molar-refractivity contribution in [1.82, 2.24) is 0 Å². The Balaban J connectivity index is 2.29. The van der Waals surface area contributed by atoms with Crippen molar-refractivity contribution < 1.29 is 4.79 Å². The van der Waals surface area contributed by atoms with Crippen molar-refractivity contribution >= 4 is 46.1 Å². The maximum Gasteiger partial charge on any atom is 0.267 e. The number of hydrogen-bond donors (Lipinski definition) is 1. The number of halogens is 2. The van der Waals surface area contributed by atoms with Crippen LogP contribution in [0.3, 0.4) is 0 Å². The first kappa shape index (κ1) is 13.9. The molecule has 0 unspecified atom stereocenters. The highest BCUT2D eigenvalue weighted by Crippen LogP contribution is 2.29. The van der Waals surface area contributed by atoms with Gasteiger partial charge < -0.3 is 5.32 Å². The predicted octanol–water partition coefficient (Wildman–Crippen LogP) is 4.49. The van der Waals surface area contributed by atoms with Crippen molar-refractivity contribution in [2.24, 2.45) is 0 Å². The molecule has 0 aliphatic rings. The zero-order valence-corrected chi connectivity index (χ0v) is 12.2. The van der Waals surface area contributed by atoms with Gasteiger partial charge in [0.2, 0.25) is 0 Å². The molecule has 1 aromatic carbocycles. The summed E-state index contributed by atoms with van der Waals surface area (Å²) < 4.78 is 0. The van der Waals surface area contributed by atoms with Crippen LogP contribution >= 0.6 is 34.5 Å². The fraction of sp³-hybridized carbons (Fsp3) is 0.0769. The Bertz CT molecular complexity index is 688. The fourth-order valence-electron chi connectivity index (χ4n) is 1.45. The third-order valence-corrected chi connectivity index (χ3v) is 4.47. The molecule has 0 fully saturated rings. The summed E-state index contributed by atoms with van der Waals surface area (Å²) in [5.41, 5.74) is 1.68. The number of anilines is 1. The number of benzene rings is 1. The Morgan fingerprint density at radius 3 is 2.74 bits per heavy atom. The molecule has 1 N–H and O–H groups in total. The molecular weight excluding hydrogens is 303 g/mol. The highest BCUT2D eigenvalue weighted by molar-refractivity contribution is 7.13. The molecule has 1 heterocycles. The number of hydrogen-bond acceptors (Lipinski definition) is 3. The first-order chi connectivity index (χ1) is 9.02. The van der Waals surface area contributed by atoms with Crippen molar-refractivity contribution in [2.45, 2.75) is 6.92 Å². The third kappa shape index (κ3) is 2.90. The van der Waals surface area contributed by atoms with E-state index in [2.05, 4.69) is 5.32 Å². The van der Waals surface area contributed by atoms with Gasteiger partial charge in [0.05, 0.1) is 27.4 Å². The van der Waals surface area contributed by atoms with Crippen molar-refractivity contribution in [1.29, 1.82) is 5.26 Å². The fourth-order valence-corrected chi connectivity index (χ4v) is 2.79. The molecule has 0 aliphatic heterocycles. The zero-order chi connectivity index (χ0) is 14.0. The maximum absolute atomic E-state index is 12.1. The van der Waals surface area contributed by atoms with Crippen LogP contribution in [0.5, 0.6) is 0 Å². The van der Waals surface area contributed by atoms with Crippen LogP contribution in [-0.4, -0.2) is 5.91 Å². The van der Waals surface area contributed by atoms with Gasteiger partial charge in [-0.15, -0.1) is 11.3 Å². The molecule has 0 saturated heterocycles. The molecule has 0 aliphatic carbocycles. The van der Waals surface area contributed by atoms with Crippen LogP contribution in [0.2, 0.25) is 10.0 Å². The molecule has 0 atom stereocenters. The summed E-state index contributed by atoms with van der Waals surface area (Å²) in [5, 5.41) is 14.1. The number of aryl methyl sites for hydroxylation is 1. The summed E-state index contributed by atoms with van der Waals surface area (Å²) in [5.74, 6) is -0.333. The Morgan fingerprint density at radius 2 is 2.16 bits per heavy atom. The van der Waals surface area contributed by atoms with E-state index in [0.29, 0.717) is 26.2 Å². The van der Waals surface area contributed by atoms with Gasteiger partial charge in [-0.2, -0.15) is 5.26 Å². The van der Waals surface area contributed by atoms with Gasteiger partial charge >= 0.3 is 0 Å². The second-order valence-electron chi connectivity index (χ2n) is 3.82. The second-order valence-corrected chi connectivity index (χ2v) is 5.49. The molecule has 1 aromatic heterocycles. The van der Waals surface area contributed by atoms with E-state index in [4.69, 9.17) is 28.5 Å². The zero-order valence-electron chi connectivity index (χ0n) is 9.83. The Morgan fingerprint density at radius 1 is 1.42 bits per heavy atom. The van der Waals surface area contributed by atoms with Crippen LogP contribution in [-0.2, 0) is 0 Å². The second kappa shape index (κ2) is 5.62. The molecule has 96 valence electrons. The van der Waals surface area contributed by atoms with Crippen molar-refractivity contribution in [3.05, 3.63) is 49.6 Å². The lowest BCUT2D eigenvalue weighted by Crippen LogP contribution is -2.11. The molecule has 2 rings (SSSR count). The van der Waals surface area contributed by atoms with Crippen molar-refractivity contribution in [2.75, 3.05) is 5.32 Å². The van der Waals surface area contributed by atoms with E-state index in [-0.39, 0.29) is 5.91 Å². The quantitative estimate of drug-likeness (QED) is 0.888. The molecule has 6 heteroatoms. The van der Waals surface area contributed by atoms with E-state index >= 15 is 0 Å². The number of carbonyl (C=O) groups excluding carboxylic acids is 1. The number of rotatable bonds is 2. The molecule has 0 saturated carbocycles. The van der Waals surface area contributed by atoms with Crippen LogP contribution < -0.4 is 5.32 Å². The smallest absolute Gasteiger partial charge is 0.267 e. The van der Waals surface area contributed by atoms with E-state index < -0.39 is 0 Å². The van der Waals surface area contributed by atoms with Crippen LogP contribution in [0.25, 0.3) is 0 Å². The van der Waals surface area contributed by atoms with Gasteiger partial charge in [-0.05, 0) is 36.1 Å². The monoisotopic (exact) mass is 310 g/mol. The standard InChI is InChI=1S/C13H8Cl2N2OS/c1-7-6-19-12(11(7)15)13(18)17-10-4-8(5-16)2-3-9(10)14/h2-4,6H,1H3,(H,17,18). The summed E-state index contributed by atoms with van der Waals surface area (Å²) in [6.45, 7) is 1.83. The highest BCUT2D eigenvalue weighted by atomic mass is 35.5. The lowest BCUT2D eigenvalue weighted by atomic mass is 10.2. The lowest BCUT2D eigenvalue weighted by molar-refractivity contribution is 0.103. The van der Waals surface area contributed by atoms with Crippen LogP contribution in [0.1, 0.15) is 20.8 Å². The third-order valence-electron chi connectivity index (χ3n) is 2.45. The number of thiophene rings is 1. The van der Waals surface area contributed by atoms with Gasteiger partial charge in [-0.1, -0.05) is 23.2 Å². The predicted molar refractivity (Wildman–Crippen MR) is 78.2 cm³/mol. The average molecular weight is 311 g/mol. The number of nitrogens with one attached hydrogen (secondary N) is 1. The molecule has 0 spiro atoms. The summed E-state index contributed by atoms with van der Waals surface area (Å²) in [6, 6.07) is 6.66. The Kier molecular flexibility index (Phi) is 4.11. The number of nitrogens with zero attached hydrogens (tertiary/aromatic N) is 1. The van der Waals surface area contributed by atoms with Crippen molar-refractivity contribution in [3.8, 4) is 6.07 Å². The van der Waals surface area contributed by atoms with Gasteiger partial charge in [-0.3, -0.25) is 4.79 Å². The number of amides is 1. The summed E-state index contributed by atoms with van der Waals surface area (Å²) >= 11 is 13.3. The van der Waals surface area contributed by atoms with E-state index in [1.165, 1.54) is 17.4 Å². The summed E-state index contributed by atoms with van der Waals surface area (Å²) in [7, 11) is 0. The normalized spacial score (nSPS) is 10.0. The minimum absolute atomic E-state index is 0.333. The van der Waals surface area contributed by atoms with Crippen LogP contribution in [0, 0.1) is 18.3 Å². The Labute approximate surface area is 124 Å². The van der Waals surface area contributed by atoms with Gasteiger partial charge in [0.15, 0.2) is 0 Å². The molecule has 19 heavy (non-hydrogen) atoms. The molecule has 0 radical (unpaired) electrons. The maximum atomic E-state index is 12.1. The number of carbonyl (C=O) groups is 1. The van der Waals surface area contributed by atoms with E-state index in [9.17, 15) is 4.79 Å². The van der Waals surface area contributed by atoms with E-state index in [0.717, 1.165) is 5.56 Å². The molecule has 0 bridgehead atoms. The van der Waals surface area contributed by atoms with Gasteiger partial charge in [0.25, 0.3) is 5.91 Å². The van der Waals surface area contributed by atoms with Gasteiger partial charge in [0, 0.05) is 0 Å². The number of nitriles is 1. The SMILES string of the molecule is Cc1csc(C(=O)Nc2cc(C#N)ccc2Cl)c1Cl. The topological polar surface area (TPSA) is 52.9 Å². The molecule has 3 nitrogen and oxygen atoms in total. The average Bonchev–Trinajstić information content (AvgIpc) is 2.73. The van der Waals surface area contributed by atoms with Crippen LogP contribution in [0.15, 0.2) is 23.6 Å². The first-order valence-corrected chi connectivity index (χ1v) is 6.91. The minimum Gasteiger partial charge on any atom is -0.320 e. The molecule has 2 aromatic rings. The minimum atomic E-state index is -0.333. The van der Waals surface area contributed by atoms with Gasteiger partial charge in [-0.25, -0.2) is 0 Å². The summed E-state index contributed by atoms with van der Waals surface area (Å²) in [4.78, 5) is 12.5. The van der Waals surface area contributed by atoms with Gasteiger partial charge in [0.1, 0.15) is 4.88 Å². The Hall–Kier alpha value is -1.54. The van der Waals surface area contributed by atoms with E-state index in [1.807, 2.05) is 18.4 Å². The van der Waals surface area contributed by atoms with Crippen LogP contribution in [0.4, 0.5) is 5.69 Å². The molecular formula is C13H8Cl2N2OS. The summed E-state index contributed by atoms with van der Waals surface area (Å²) in [6.07, 6.45) is 0.